The maximum Gasteiger partial charge on any atom is 0.254 e. The molecule has 0 fully saturated rings. The molecule has 4 nitrogen and oxygen atoms in total. The second-order valence-corrected chi connectivity index (χ2v) is 7.17. The van der Waals surface area contributed by atoms with Crippen molar-refractivity contribution in [2.24, 2.45) is 0 Å². The molecule has 3 aromatic rings. The molecule has 3 rings (SSSR count). The summed E-state index contributed by atoms with van der Waals surface area (Å²) in [5.74, 6) is 0.0210. The van der Waals surface area contributed by atoms with Gasteiger partial charge in [-0.05, 0) is 62.2 Å². The summed E-state index contributed by atoms with van der Waals surface area (Å²) in [6, 6.07) is 17.5. The number of carbonyl (C=O) groups excluding carboxylic acids is 1. The summed E-state index contributed by atoms with van der Waals surface area (Å²) in [7, 11) is 0. The van der Waals surface area contributed by atoms with E-state index in [0.29, 0.717) is 30.2 Å². The summed E-state index contributed by atoms with van der Waals surface area (Å²) in [5.41, 5.74) is 4.89. The van der Waals surface area contributed by atoms with Crippen LogP contribution in [0.5, 0.6) is 0 Å². The van der Waals surface area contributed by atoms with Gasteiger partial charge in [0.2, 0.25) is 0 Å². The molecule has 0 aliphatic heterocycles. The predicted molar refractivity (Wildman–Crippen MR) is 109 cm³/mol. The van der Waals surface area contributed by atoms with Crippen molar-refractivity contribution in [3.8, 4) is 0 Å². The molecule has 0 unspecified atom stereocenters. The Bertz CT molecular complexity index is 948. The lowest BCUT2D eigenvalue weighted by Crippen LogP contribution is -2.30. The van der Waals surface area contributed by atoms with Crippen LogP contribution >= 0.6 is 11.6 Å². The van der Waals surface area contributed by atoms with Crippen LogP contribution in [0, 0.1) is 13.8 Å². The van der Waals surface area contributed by atoms with Gasteiger partial charge in [0, 0.05) is 29.4 Å². The molecule has 1 heterocycles. The number of nitrogens with zero attached hydrogens (tertiary/aromatic N) is 3. The fraction of sp³-hybridized carbons (Fsp3) is 0.273. The molecule has 27 heavy (non-hydrogen) atoms. The van der Waals surface area contributed by atoms with E-state index in [2.05, 4.69) is 11.2 Å². The first-order valence-corrected chi connectivity index (χ1v) is 9.47. The Labute approximate surface area is 165 Å². The SMILES string of the molecule is CCN(Cc1cccc(Cl)c1)C(=O)c1cccc(Cn2nc(C)cc2C)c1. The molecule has 0 atom stereocenters. The average Bonchev–Trinajstić information content (AvgIpc) is 2.96. The van der Waals surface area contributed by atoms with E-state index < -0.39 is 0 Å². The first-order chi connectivity index (χ1) is 13.0. The molecular weight excluding hydrogens is 358 g/mol. The van der Waals surface area contributed by atoms with Gasteiger partial charge in [-0.3, -0.25) is 9.48 Å². The number of halogens is 1. The number of aromatic nitrogens is 2. The highest BCUT2D eigenvalue weighted by molar-refractivity contribution is 6.30. The van der Waals surface area contributed by atoms with Crippen molar-refractivity contribution in [3.63, 3.8) is 0 Å². The molecule has 0 N–H and O–H groups in total. The number of hydrogen-bond acceptors (Lipinski definition) is 2. The Kier molecular flexibility index (Phi) is 5.97. The molecule has 0 aliphatic rings. The molecule has 0 radical (unpaired) electrons. The zero-order chi connectivity index (χ0) is 19.4. The molecule has 0 aliphatic carbocycles. The smallest absolute Gasteiger partial charge is 0.254 e. The molecule has 0 bridgehead atoms. The second kappa shape index (κ2) is 8.40. The largest absolute Gasteiger partial charge is 0.335 e. The Hall–Kier alpha value is -2.59. The molecule has 5 heteroatoms. The number of aryl methyl sites for hydroxylation is 2. The molecule has 0 saturated heterocycles. The zero-order valence-electron chi connectivity index (χ0n) is 15.9. The molecule has 1 amide bonds. The topological polar surface area (TPSA) is 38.1 Å². The highest BCUT2D eigenvalue weighted by Gasteiger charge is 2.15. The van der Waals surface area contributed by atoms with Crippen LogP contribution in [0.15, 0.2) is 54.6 Å². The third-order valence-electron chi connectivity index (χ3n) is 4.54. The van der Waals surface area contributed by atoms with Gasteiger partial charge in [-0.2, -0.15) is 5.10 Å². The number of rotatable bonds is 6. The predicted octanol–water partition coefficient (Wildman–Crippen LogP) is 4.86. The second-order valence-electron chi connectivity index (χ2n) is 6.73. The van der Waals surface area contributed by atoms with Crippen molar-refractivity contribution in [3.05, 3.63) is 87.7 Å². The molecule has 1 aromatic heterocycles. The third kappa shape index (κ3) is 4.77. The van der Waals surface area contributed by atoms with E-state index in [4.69, 9.17) is 11.6 Å². The quantitative estimate of drug-likeness (QED) is 0.611. The van der Waals surface area contributed by atoms with Crippen LogP contribution < -0.4 is 0 Å². The van der Waals surface area contributed by atoms with Gasteiger partial charge in [-0.25, -0.2) is 0 Å². The lowest BCUT2D eigenvalue weighted by Gasteiger charge is -2.21. The van der Waals surface area contributed by atoms with Gasteiger partial charge < -0.3 is 4.90 Å². The first kappa shape index (κ1) is 19.2. The Balaban J connectivity index is 1.78. The van der Waals surface area contributed by atoms with Crippen LogP contribution in [0.25, 0.3) is 0 Å². The summed E-state index contributed by atoms with van der Waals surface area (Å²) in [5, 5.41) is 5.19. The van der Waals surface area contributed by atoms with Gasteiger partial charge in [0.15, 0.2) is 0 Å². The minimum Gasteiger partial charge on any atom is -0.335 e. The van der Waals surface area contributed by atoms with Crippen molar-refractivity contribution in [1.29, 1.82) is 0 Å². The maximum atomic E-state index is 13.0. The normalized spacial score (nSPS) is 10.8. The Morgan fingerprint density at radius 1 is 1.07 bits per heavy atom. The number of benzene rings is 2. The van der Waals surface area contributed by atoms with E-state index in [1.807, 2.05) is 78.9 Å². The van der Waals surface area contributed by atoms with Crippen molar-refractivity contribution >= 4 is 17.5 Å². The molecular formula is C22H24ClN3O. The van der Waals surface area contributed by atoms with Crippen LogP contribution in [0.4, 0.5) is 0 Å². The summed E-state index contributed by atoms with van der Waals surface area (Å²) in [6.45, 7) is 7.84. The first-order valence-electron chi connectivity index (χ1n) is 9.10. The third-order valence-corrected chi connectivity index (χ3v) is 4.78. The molecule has 140 valence electrons. The highest BCUT2D eigenvalue weighted by Crippen LogP contribution is 2.16. The van der Waals surface area contributed by atoms with E-state index >= 15 is 0 Å². The Morgan fingerprint density at radius 2 is 1.81 bits per heavy atom. The van der Waals surface area contributed by atoms with Gasteiger partial charge in [0.1, 0.15) is 0 Å². The number of carbonyl (C=O) groups is 1. The van der Waals surface area contributed by atoms with Crippen LogP contribution in [-0.2, 0) is 13.1 Å². The van der Waals surface area contributed by atoms with Crippen LogP contribution in [-0.4, -0.2) is 27.1 Å². The standard InChI is InChI=1S/C22H24ClN3O/c1-4-25(14-19-8-6-10-21(23)13-19)22(27)20-9-5-7-18(12-20)15-26-17(3)11-16(2)24-26/h5-13H,4,14-15H2,1-3H3. The number of hydrogen-bond donors (Lipinski definition) is 0. The van der Waals surface area contributed by atoms with Gasteiger partial charge in [0.25, 0.3) is 5.91 Å². The molecule has 0 saturated carbocycles. The van der Waals surface area contributed by atoms with E-state index in [-0.39, 0.29) is 5.91 Å². The summed E-state index contributed by atoms with van der Waals surface area (Å²) in [4.78, 5) is 14.8. The highest BCUT2D eigenvalue weighted by atomic mass is 35.5. The molecule has 2 aromatic carbocycles. The van der Waals surface area contributed by atoms with E-state index in [1.54, 1.807) is 0 Å². The van der Waals surface area contributed by atoms with E-state index in [9.17, 15) is 4.79 Å². The van der Waals surface area contributed by atoms with Crippen molar-refractivity contribution in [2.75, 3.05) is 6.54 Å². The van der Waals surface area contributed by atoms with E-state index in [0.717, 1.165) is 22.5 Å². The van der Waals surface area contributed by atoms with Crippen molar-refractivity contribution in [2.45, 2.75) is 33.9 Å². The summed E-state index contributed by atoms with van der Waals surface area (Å²) in [6.07, 6.45) is 0. The van der Waals surface area contributed by atoms with Crippen LogP contribution in [0.2, 0.25) is 5.02 Å². The van der Waals surface area contributed by atoms with Gasteiger partial charge in [-0.1, -0.05) is 35.9 Å². The lowest BCUT2D eigenvalue weighted by molar-refractivity contribution is 0.0752. The zero-order valence-corrected chi connectivity index (χ0v) is 16.7. The summed E-state index contributed by atoms with van der Waals surface area (Å²) >= 11 is 6.07. The van der Waals surface area contributed by atoms with Gasteiger partial charge >= 0.3 is 0 Å². The maximum absolute atomic E-state index is 13.0. The minimum atomic E-state index is 0.0210. The molecule has 0 spiro atoms. The monoisotopic (exact) mass is 381 g/mol. The van der Waals surface area contributed by atoms with Gasteiger partial charge in [0.05, 0.1) is 12.2 Å². The van der Waals surface area contributed by atoms with Crippen LogP contribution in [0.3, 0.4) is 0 Å². The van der Waals surface area contributed by atoms with Crippen molar-refractivity contribution < 1.29 is 4.79 Å². The van der Waals surface area contributed by atoms with Gasteiger partial charge in [-0.15, -0.1) is 0 Å². The fourth-order valence-corrected chi connectivity index (χ4v) is 3.39. The van der Waals surface area contributed by atoms with Crippen molar-refractivity contribution in [1.82, 2.24) is 14.7 Å². The fourth-order valence-electron chi connectivity index (χ4n) is 3.18. The average molecular weight is 382 g/mol. The minimum absolute atomic E-state index is 0.0210. The summed E-state index contributed by atoms with van der Waals surface area (Å²) < 4.78 is 1.96. The number of amides is 1. The van der Waals surface area contributed by atoms with E-state index in [1.165, 1.54) is 0 Å². The Morgan fingerprint density at radius 3 is 2.48 bits per heavy atom. The van der Waals surface area contributed by atoms with Crippen LogP contribution in [0.1, 0.15) is 39.8 Å². The lowest BCUT2D eigenvalue weighted by atomic mass is 10.1.